The summed E-state index contributed by atoms with van der Waals surface area (Å²) < 4.78 is 5.08. The summed E-state index contributed by atoms with van der Waals surface area (Å²) in [6, 6.07) is 14.0. The van der Waals surface area contributed by atoms with Crippen LogP contribution in [0.25, 0.3) is 17.0 Å². The molecule has 3 aromatic rings. The number of amides is 1. The molecule has 6 nitrogen and oxygen atoms in total. The van der Waals surface area contributed by atoms with E-state index in [1.54, 1.807) is 31.4 Å². The van der Waals surface area contributed by atoms with E-state index in [-0.39, 0.29) is 11.6 Å². The third-order valence-electron chi connectivity index (χ3n) is 3.66. The molecule has 6 heteroatoms. The largest absolute Gasteiger partial charge is 0.497 e. The Balaban J connectivity index is 1.70. The number of fused-ring (bicyclic) bond motifs is 1. The summed E-state index contributed by atoms with van der Waals surface area (Å²) in [6.45, 7) is 0. The van der Waals surface area contributed by atoms with Crippen LogP contribution in [0.2, 0.25) is 0 Å². The normalized spacial score (nSPS) is 10.9. The summed E-state index contributed by atoms with van der Waals surface area (Å²) in [4.78, 5) is 25.8. The molecule has 126 valence electrons. The fraction of sp³-hybridized carbons (Fsp3) is 0.0526. The van der Waals surface area contributed by atoms with Gasteiger partial charge in [0.05, 0.1) is 7.11 Å². The molecule has 0 bridgehead atoms. The van der Waals surface area contributed by atoms with Crippen molar-refractivity contribution < 1.29 is 19.4 Å². The van der Waals surface area contributed by atoms with Crippen molar-refractivity contribution in [1.29, 1.82) is 0 Å². The Bertz CT molecular complexity index is 955. The third-order valence-corrected chi connectivity index (χ3v) is 3.66. The van der Waals surface area contributed by atoms with Crippen LogP contribution in [0, 0.1) is 0 Å². The smallest absolute Gasteiger partial charge is 0.352 e. The summed E-state index contributed by atoms with van der Waals surface area (Å²) in [6.07, 6.45) is 3.14. The average molecular weight is 336 g/mol. The fourth-order valence-electron chi connectivity index (χ4n) is 2.40. The lowest BCUT2D eigenvalue weighted by atomic mass is 10.2. The summed E-state index contributed by atoms with van der Waals surface area (Å²) in [5.41, 5.74) is 2.28. The number of anilines is 1. The van der Waals surface area contributed by atoms with Crippen molar-refractivity contribution in [2.75, 3.05) is 12.4 Å². The number of ether oxygens (including phenoxy) is 1. The molecule has 0 aliphatic rings. The van der Waals surface area contributed by atoms with Crippen LogP contribution in [0.5, 0.6) is 5.75 Å². The Morgan fingerprint density at radius 1 is 1.12 bits per heavy atom. The van der Waals surface area contributed by atoms with E-state index in [1.807, 2.05) is 24.3 Å². The van der Waals surface area contributed by atoms with Crippen molar-refractivity contribution in [2.24, 2.45) is 0 Å². The second-order valence-electron chi connectivity index (χ2n) is 5.39. The van der Waals surface area contributed by atoms with Crippen LogP contribution >= 0.6 is 0 Å². The Kier molecular flexibility index (Phi) is 4.52. The van der Waals surface area contributed by atoms with Gasteiger partial charge in [-0.25, -0.2) is 4.79 Å². The van der Waals surface area contributed by atoms with Crippen molar-refractivity contribution in [2.45, 2.75) is 0 Å². The summed E-state index contributed by atoms with van der Waals surface area (Å²) >= 11 is 0. The van der Waals surface area contributed by atoms with E-state index in [0.29, 0.717) is 16.6 Å². The molecule has 0 saturated heterocycles. The highest BCUT2D eigenvalue weighted by Gasteiger charge is 2.08. The minimum atomic E-state index is -1.02. The van der Waals surface area contributed by atoms with Gasteiger partial charge in [0.25, 0.3) is 0 Å². The van der Waals surface area contributed by atoms with E-state index in [4.69, 9.17) is 9.84 Å². The summed E-state index contributed by atoms with van der Waals surface area (Å²) in [5.74, 6) is -0.546. The topological polar surface area (TPSA) is 91.4 Å². The Hall–Kier alpha value is -3.54. The van der Waals surface area contributed by atoms with Gasteiger partial charge in [-0.2, -0.15) is 0 Å². The van der Waals surface area contributed by atoms with Crippen LogP contribution in [0.4, 0.5) is 5.69 Å². The first-order valence-electron chi connectivity index (χ1n) is 7.54. The summed E-state index contributed by atoms with van der Waals surface area (Å²) in [5, 5.41) is 12.5. The first-order chi connectivity index (χ1) is 12.0. The van der Waals surface area contributed by atoms with Crippen LogP contribution < -0.4 is 10.1 Å². The van der Waals surface area contributed by atoms with Crippen molar-refractivity contribution in [3.63, 3.8) is 0 Å². The van der Waals surface area contributed by atoms with Gasteiger partial charge in [0.15, 0.2) is 0 Å². The van der Waals surface area contributed by atoms with Gasteiger partial charge in [-0.1, -0.05) is 12.1 Å². The molecule has 0 unspecified atom stereocenters. The molecule has 0 aliphatic carbocycles. The predicted octanol–water partition coefficient (Wildman–Crippen LogP) is 3.53. The zero-order valence-corrected chi connectivity index (χ0v) is 13.4. The van der Waals surface area contributed by atoms with E-state index >= 15 is 0 Å². The molecular weight excluding hydrogens is 320 g/mol. The minimum Gasteiger partial charge on any atom is -0.497 e. The first-order valence-corrected chi connectivity index (χ1v) is 7.54. The zero-order chi connectivity index (χ0) is 17.8. The number of aromatic carboxylic acids is 1. The lowest BCUT2D eigenvalue weighted by molar-refractivity contribution is -0.111. The Labute approximate surface area is 143 Å². The molecule has 0 atom stereocenters. The number of H-pyrrole nitrogens is 1. The molecule has 0 saturated carbocycles. The van der Waals surface area contributed by atoms with Gasteiger partial charge in [-0.3, -0.25) is 4.79 Å². The SMILES string of the molecule is COc1ccc(/C=C/C(=O)Nc2ccc3[nH]c(C(=O)O)cc3c2)cc1. The fourth-order valence-corrected chi connectivity index (χ4v) is 2.40. The standard InChI is InChI=1S/C19H16N2O4/c1-25-15-6-2-12(3-7-15)4-9-18(22)20-14-5-8-16-13(10-14)11-17(21-16)19(23)24/h2-11,21H,1H3,(H,20,22)(H,23,24)/b9-4+. The maximum atomic E-state index is 12.0. The van der Waals surface area contributed by atoms with Crippen LogP contribution in [0.1, 0.15) is 16.1 Å². The quantitative estimate of drug-likeness (QED) is 0.622. The zero-order valence-electron chi connectivity index (χ0n) is 13.4. The number of carboxylic acids is 1. The number of methoxy groups -OCH3 is 1. The maximum absolute atomic E-state index is 12.0. The number of aromatic amines is 1. The highest BCUT2D eigenvalue weighted by Crippen LogP contribution is 2.20. The Morgan fingerprint density at radius 2 is 1.88 bits per heavy atom. The molecule has 3 rings (SSSR count). The van der Waals surface area contributed by atoms with Gasteiger partial charge >= 0.3 is 5.97 Å². The number of nitrogens with one attached hydrogen (secondary N) is 2. The number of benzene rings is 2. The van der Waals surface area contributed by atoms with Crippen molar-refractivity contribution >= 4 is 34.5 Å². The van der Waals surface area contributed by atoms with E-state index in [1.165, 1.54) is 12.1 Å². The second-order valence-corrected chi connectivity index (χ2v) is 5.39. The Morgan fingerprint density at radius 3 is 2.56 bits per heavy atom. The highest BCUT2D eigenvalue weighted by atomic mass is 16.5. The summed E-state index contributed by atoms with van der Waals surface area (Å²) in [7, 11) is 1.60. The number of hydrogen-bond donors (Lipinski definition) is 3. The number of carbonyl (C=O) groups is 2. The van der Waals surface area contributed by atoms with Gasteiger partial charge in [0.1, 0.15) is 11.4 Å². The van der Waals surface area contributed by atoms with Gasteiger partial charge in [0, 0.05) is 22.7 Å². The number of rotatable bonds is 5. The van der Waals surface area contributed by atoms with E-state index in [0.717, 1.165) is 11.3 Å². The number of carbonyl (C=O) groups excluding carboxylic acids is 1. The van der Waals surface area contributed by atoms with Crippen molar-refractivity contribution in [1.82, 2.24) is 4.98 Å². The molecule has 1 aromatic heterocycles. The first kappa shape index (κ1) is 16.3. The van der Waals surface area contributed by atoms with E-state index in [2.05, 4.69) is 10.3 Å². The number of aromatic nitrogens is 1. The molecule has 25 heavy (non-hydrogen) atoms. The predicted molar refractivity (Wildman–Crippen MR) is 95.9 cm³/mol. The minimum absolute atomic E-state index is 0.109. The van der Waals surface area contributed by atoms with Gasteiger partial charge in [0.2, 0.25) is 5.91 Å². The number of hydrogen-bond acceptors (Lipinski definition) is 3. The molecule has 1 amide bonds. The molecule has 2 aromatic carbocycles. The van der Waals surface area contributed by atoms with Gasteiger partial charge in [-0.15, -0.1) is 0 Å². The van der Waals surface area contributed by atoms with Crippen molar-refractivity contribution in [3.8, 4) is 5.75 Å². The highest BCUT2D eigenvalue weighted by molar-refractivity contribution is 6.03. The molecule has 3 N–H and O–H groups in total. The third kappa shape index (κ3) is 3.87. The molecule has 0 aliphatic heterocycles. The van der Waals surface area contributed by atoms with Crippen molar-refractivity contribution in [3.05, 3.63) is 65.9 Å². The average Bonchev–Trinajstić information content (AvgIpc) is 3.04. The van der Waals surface area contributed by atoms with E-state index in [9.17, 15) is 9.59 Å². The lowest BCUT2D eigenvalue weighted by Crippen LogP contribution is -2.07. The molecule has 0 radical (unpaired) electrons. The molecule has 0 spiro atoms. The van der Waals surface area contributed by atoms with Crippen LogP contribution in [0.3, 0.4) is 0 Å². The maximum Gasteiger partial charge on any atom is 0.352 e. The number of carboxylic acid groups (broad SMARTS) is 1. The second kappa shape index (κ2) is 6.92. The molecule has 1 heterocycles. The van der Waals surface area contributed by atoms with Crippen LogP contribution in [0.15, 0.2) is 54.6 Å². The lowest BCUT2D eigenvalue weighted by Gasteiger charge is -2.02. The van der Waals surface area contributed by atoms with Gasteiger partial charge < -0.3 is 20.1 Å². The molecular formula is C19H16N2O4. The van der Waals surface area contributed by atoms with E-state index < -0.39 is 5.97 Å². The van der Waals surface area contributed by atoms with Crippen LogP contribution in [-0.4, -0.2) is 29.1 Å². The van der Waals surface area contributed by atoms with Crippen LogP contribution in [-0.2, 0) is 4.79 Å². The van der Waals surface area contributed by atoms with Gasteiger partial charge in [-0.05, 0) is 48.0 Å². The monoisotopic (exact) mass is 336 g/mol. The molecule has 0 fully saturated rings.